The standard InChI is InChI=1S/C18H36O2.4C3H8/c1-4-6-8-10-12-14-16-18(20-17(3)19)15-13-11-9-7-5-2;4*1-3-2/h18H,4-16H2,1-3H3;4*3H2,1-2H3. The minimum atomic E-state index is -0.116. The van der Waals surface area contributed by atoms with E-state index in [2.05, 4.69) is 69.2 Å². The molecule has 0 rings (SSSR count). The van der Waals surface area contributed by atoms with Crippen LogP contribution in [0.5, 0.6) is 0 Å². The van der Waals surface area contributed by atoms with E-state index in [1.165, 1.54) is 103 Å². The van der Waals surface area contributed by atoms with Gasteiger partial charge in [0, 0.05) is 6.92 Å². The van der Waals surface area contributed by atoms with E-state index >= 15 is 0 Å². The van der Waals surface area contributed by atoms with E-state index in [0.717, 1.165) is 12.8 Å². The number of hydrogen-bond acceptors (Lipinski definition) is 2. The van der Waals surface area contributed by atoms with Crippen molar-refractivity contribution in [2.24, 2.45) is 0 Å². The Bertz CT molecular complexity index is 256. The molecule has 0 N–H and O–H groups in total. The molecule has 2 heteroatoms. The number of carbonyl (C=O) groups is 1. The van der Waals surface area contributed by atoms with E-state index in [-0.39, 0.29) is 12.1 Å². The third-order valence-corrected chi connectivity index (χ3v) is 3.84. The number of rotatable bonds is 14. The molecule has 0 saturated carbocycles. The molecular weight excluding hydrogens is 392 g/mol. The van der Waals surface area contributed by atoms with Gasteiger partial charge in [-0.1, -0.05) is 153 Å². The maximum absolute atomic E-state index is 11.1. The summed E-state index contributed by atoms with van der Waals surface area (Å²) in [5.74, 6) is -0.116. The minimum absolute atomic E-state index is 0.116. The zero-order valence-corrected chi connectivity index (χ0v) is 24.9. The van der Waals surface area contributed by atoms with E-state index in [1.807, 2.05) is 0 Å². The third kappa shape index (κ3) is 70.0. The number of hydrogen-bond donors (Lipinski definition) is 0. The van der Waals surface area contributed by atoms with Crippen LogP contribution in [0.15, 0.2) is 0 Å². The van der Waals surface area contributed by atoms with Gasteiger partial charge >= 0.3 is 5.97 Å². The molecule has 32 heavy (non-hydrogen) atoms. The number of esters is 1. The maximum atomic E-state index is 11.1. The number of carbonyl (C=O) groups excluding carboxylic acids is 1. The topological polar surface area (TPSA) is 26.3 Å². The summed E-state index contributed by atoms with van der Waals surface area (Å²) in [6, 6.07) is 0. The van der Waals surface area contributed by atoms with Gasteiger partial charge in [0.15, 0.2) is 0 Å². The zero-order valence-electron chi connectivity index (χ0n) is 24.9. The normalized spacial score (nSPS) is 9.97. The Morgan fingerprint density at radius 1 is 0.500 bits per heavy atom. The molecule has 0 aliphatic heterocycles. The summed E-state index contributed by atoms with van der Waals surface area (Å²) in [7, 11) is 0. The predicted octanol–water partition coefficient (Wildman–Crippen LogP) is 11.7. The van der Waals surface area contributed by atoms with Crippen LogP contribution in [0.25, 0.3) is 0 Å². The summed E-state index contributed by atoms with van der Waals surface area (Å²) in [4.78, 5) is 11.1. The van der Waals surface area contributed by atoms with Crippen LogP contribution in [0, 0.1) is 0 Å². The van der Waals surface area contributed by atoms with E-state index in [4.69, 9.17) is 4.74 Å². The van der Waals surface area contributed by atoms with Gasteiger partial charge in [-0.3, -0.25) is 4.79 Å². The van der Waals surface area contributed by atoms with Crippen molar-refractivity contribution in [1.82, 2.24) is 0 Å². The molecule has 0 saturated heterocycles. The molecule has 1 atom stereocenters. The molecule has 0 fully saturated rings. The highest BCUT2D eigenvalue weighted by Crippen LogP contribution is 2.16. The summed E-state index contributed by atoms with van der Waals surface area (Å²) in [5, 5.41) is 0. The zero-order chi connectivity index (χ0) is 25.9. The van der Waals surface area contributed by atoms with Crippen molar-refractivity contribution in [1.29, 1.82) is 0 Å². The first kappa shape index (κ1) is 41.7. The van der Waals surface area contributed by atoms with Gasteiger partial charge in [-0.25, -0.2) is 0 Å². The third-order valence-electron chi connectivity index (χ3n) is 3.84. The highest BCUT2D eigenvalue weighted by molar-refractivity contribution is 5.66. The second-order valence-electron chi connectivity index (χ2n) is 8.82. The Balaban J connectivity index is -0.000000167. The second kappa shape index (κ2) is 48.0. The van der Waals surface area contributed by atoms with Crippen LogP contribution in [-0.2, 0) is 9.53 Å². The number of ether oxygens (including phenoxy) is 1. The quantitative estimate of drug-likeness (QED) is 0.190. The van der Waals surface area contributed by atoms with Gasteiger partial charge in [-0.05, 0) is 25.7 Å². The van der Waals surface area contributed by atoms with Crippen LogP contribution >= 0.6 is 0 Å². The summed E-state index contributed by atoms with van der Waals surface area (Å²) in [5.41, 5.74) is 0. The molecule has 0 aromatic rings. The Morgan fingerprint density at radius 3 is 1.00 bits per heavy atom. The molecule has 0 amide bonds. The highest BCUT2D eigenvalue weighted by atomic mass is 16.5. The SMILES string of the molecule is CCC.CCC.CCC.CCC.CCCCCCCCC(CCCCCCC)OC(C)=O. The highest BCUT2D eigenvalue weighted by Gasteiger charge is 2.11. The average molecular weight is 461 g/mol. The summed E-state index contributed by atoms with van der Waals surface area (Å²) in [6.07, 6.45) is 21.5. The molecule has 0 aliphatic rings. The average Bonchev–Trinajstić information content (AvgIpc) is 2.72. The lowest BCUT2D eigenvalue weighted by Gasteiger charge is -2.17. The van der Waals surface area contributed by atoms with Crippen LogP contribution in [-0.4, -0.2) is 12.1 Å². The fraction of sp³-hybridized carbons (Fsp3) is 0.967. The molecule has 0 bridgehead atoms. The van der Waals surface area contributed by atoms with Gasteiger partial charge in [0.1, 0.15) is 6.10 Å². The Labute approximate surface area is 207 Å². The van der Waals surface area contributed by atoms with Gasteiger partial charge < -0.3 is 4.74 Å². The molecule has 0 aliphatic carbocycles. The first-order chi connectivity index (χ1) is 15.4. The smallest absolute Gasteiger partial charge is 0.302 e. The van der Waals surface area contributed by atoms with E-state index < -0.39 is 0 Å². The molecule has 0 heterocycles. The predicted molar refractivity (Wildman–Crippen MR) is 151 cm³/mol. The molecule has 1 unspecified atom stereocenters. The fourth-order valence-electron chi connectivity index (χ4n) is 2.62. The monoisotopic (exact) mass is 461 g/mol. The summed E-state index contributed by atoms with van der Waals surface area (Å²) in [6.45, 7) is 23.0. The molecule has 0 aromatic carbocycles. The van der Waals surface area contributed by atoms with Crippen molar-refractivity contribution in [2.45, 2.75) is 191 Å². The summed E-state index contributed by atoms with van der Waals surface area (Å²) >= 11 is 0. The van der Waals surface area contributed by atoms with Crippen LogP contribution in [0.1, 0.15) is 185 Å². The van der Waals surface area contributed by atoms with Crippen LogP contribution in [0.2, 0.25) is 0 Å². The van der Waals surface area contributed by atoms with Gasteiger partial charge in [0.05, 0.1) is 0 Å². The van der Waals surface area contributed by atoms with E-state index in [9.17, 15) is 4.79 Å². The van der Waals surface area contributed by atoms with Crippen LogP contribution in [0.3, 0.4) is 0 Å². The van der Waals surface area contributed by atoms with Gasteiger partial charge in [-0.2, -0.15) is 0 Å². The maximum Gasteiger partial charge on any atom is 0.302 e. The van der Waals surface area contributed by atoms with Crippen molar-refractivity contribution >= 4 is 5.97 Å². The lowest BCUT2D eigenvalue weighted by atomic mass is 10.0. The van der Waals surface area contributed by atoms with Gasteiger partial charge in [-0.15, -0.1) is 0 Å². The van der Waals surface area contributed by atoms with Crippen LogP contribution in [0.4, 0.5) is 0 Å². The first-order valence-corrected chi connectivity index (χ1v) is 14.5. The first-order valence-electron chi connectivity index (χ1n) is 14.5. The molecule has 200 valence electrons. The molecule has 2 nitrogen and oxygen atoms in total. The number of unbranched alkanes of at least 4 members (excludes halogenated alkanes) is 9. The Hall–Kier alpha value is -0.530. The second-order valence-corrected chi connectivity index (χ2v) is 8.82. The Morgan fingerprint density at radius 2 is 0.750 bits per heavy atom. The molecule has 0 aromatic heterocycles. The Kier molecular flexibility index (Phi) is 62.6. The van der Waals surface area contributed by atoms with Gasteiger partial charge in [0.2, 0.25) is 0 Å². The molecular formula is C30H68O2. The summed E-state index contributed by atoms with van der Waals surface area (Å²) < 4.78 is 5.45. The van der Waals surface area contributed by atoms with Crippen molar-refractivity contribution < 1.29 is 9.53 Å². The molecule has 0 radical (unpaired) electrons. The lowest BCUT2D eigenvalue weighted by molar-refractivity contribution is -0.147. The van der Waals surface area contributed by atoms with E-state index in [0.29, 0.717) is 0 Å². The van der Waals surface area contributed by atoms with E-state index in [1.54, 1.807) is 0 Å². The lowest BCUT2D eigenvalue weighted by Crippen LogP contribution is -2.16. The van der Waals surface area contributed by atoms with Crippen LogP contribution < -0.4 is 0 Å². The molecule has 0 spiro atoms. The largest absolute Gasteiger partial charge is 0.463 e. The fourth-order valence-corrected chi connectivity index (χ4v) is 2.62. The van der Waals surface area contributed by atoms with Gasteiger partial charge in [0.25, 0.3) is 0 Å². The van der Waals surface area contributed by atoms with Crippen molar-refractivity contribution in [3.05, 3.63) is 0 Å². The minimum Gasteiger partial charge on any atom is -0.463 e. The van der Waals surface area contributed by atoms with Crippen molar-refractivity contribution in [2.75, 3.05) is 0 Å². The van der Waals surface area contributed by atoms with Crippen molar-refractivity contribution in [3.8, 4) is 0 Å². The van der Waals surface area contributed by atoms with Crippen molar-refractivity contribution in [3.63, 3.8) is 0 Å².